The van der Waals surface area contributed by atoms with Gasteiger partial charge in [0.15, 0.2) is 5.82 Å². The van der Waals surface area contributed by atoms with Crippen LogP contribution in [0.2, 0.25) is 5.02 Å². The summed E-state index contributed by atoms with van der Waals surface area (Å²) in [6.07, 6.45) is 0. The lowest BCUT2D eigenvalue weighted by molar-refractivity contribution is 0.629. The van der Waals surface area contributed by atoms with Crippen LogP contribution >= 0.6 is 22.9 Å². The minimum absolute atomic E-state index is 0.322. The standard InChI is InChI=1S/C14H11ClFN3S/c1-7-6-20-12(11(7)15)14-18-10-5-8(16)3-4-9(10)13(17-2)19-14/h3-6H,1-2H3,(H,17,18,19). The summed E-state index contributed by atoms with van der Waals surface area (Å²) < 4.78 is 13.4. The maximum atomic E-state index is 13.4. The highest BCUT2D eigenvalue weighted by atomic mass is 35.5. The summed E-state index contributed by atoms with van der Waals surface area (Å²) in [5, 5.41) is 6.39. The molecule has 0 spiro atoms. The summed E-state index contributed by atoms with van der Waals surface area (Å²) in [5.74, 6) is 0.848. The van der Waals surface area contributed by atoms with E-state index in [0.717, 1.165) is 15.8 Å². The molecule has 0 saturated heterocycles. The average Bonchev–Trinajstić information content (AvgIpc) is 2.77. The zero-order chi connectivity index (χ0) is 14.3. The van der Waals surface area contributed by atoms with Crippen LogP contribution in [0.25, 0.3) is 21.6 Å². The molecule has 2 aromatic heterocycles. The summed E-state index contributed by atoms with van der Waals surface area (Å²) in [6, 6.07) is 4.46. The molecule has 102 valence electrons. The SMILES string of the molecule is CNc1nc(-c2scc(C)c2Cl)nc2cc(F)ccc12. The molecule has 0 aliphatic rings. The zero-order valence-electron chi connectivity index (χ0n) is 10.9. The van der Waals surface area contributed by atoms with E-state index in [1.54, 1.807) is 13.1 Å². The fourth-order valence-corrected chi connectivity index (χ4v) is 3.19. The van der Waals surface area contributed by atoms with Gasteiger partial charge in [-0.3, -0.25) is 0 Å². The Kier molecular flexibility index (Phi) is 3.31. The Morgan fingerprint density at radius 3 is 2.75 bits per heavy atom. The third-order valence-electron chi connectivity index (χ3n) is 3.00. The number of thiophene rings is 1. The first-order valence-electron chi connectivity index (χ1n) is 5.99. The third-order valence-corrected chi connectivity index (χ3v) is 4.69. The van der Waals surface area contributed by atoms with E-state index in [1.807, 2.05) is 12.3 Å². The van der Waals surface area contributed by atoms with Crippen LogP contribution in [-0.4, -0.2) is 17.0 Å². The number of anilines is 1. The van der Waals surface area contributed by atoms with Crippen LogP contribution in [0, 0.1) is 12.7 Å². The highest BCUT2D eigenvalue weighted by Gasteiger charge is 2.14. The molecule has 2 heterocycles. The monoisotopic (exact) mass is 307 g/mol. The van der Waals surface area contributed by atoms with Crippen molar-refractivity contribution in [2.75, 3.05) is 12.4 Å². The highest BCUT2D eigenvalue weighted by Crippen LogP contribution is 2.36. The molecule has 0 radical (unpaired) electrons. The maximum Gasteiger partial charge on any atom is 0.173 e. The van der Waals surface area contributed by atoms with Crippen LogP contribution in [0.4, 0.5) is 10.2 Å². The molecule has 1 aromatic carbocycles. The third kappa shape index (κ3) is 2.13. The molecule has 0 atom stereocenters. The number of rotatable bonds is 2. The largest absolute Gasteiger partial charge is 0.373 e. The lowest BCUT2D eigenvalue weighted by Crippen LogP contribution is -1.98. The molecular formula is C14H11ClFN3S. The van der Waals surface area contributed by atoms with Crippen molar-refractivity contribution in [3.05, 3.63) is 40.0 Å². The molecule has 1 N–H and O–H groups in total. The lowest BCUT2D eigenvalue weighted by atomic mass is 10.2. The number of nitrogens with one attached hydrogen (secondary N) is 1. The number of aryl methyl sites for hydroxylation is 1. The van der Waals surface area contributed by atoms with Crippen molar-refractivity contribution in [1.29, 1.82) is 0 Å². The van der Waals surface area contributed by atoms with E-state index in [1.165, 1.54) is 23.5 Å². The number of hydrogen-bond acceptors (Lipinski definition) is 4. The molecule has 20 heavy (non-hydrogen) atoms. The smallest absolute Gasteiger partial charge is 0.173 e. The van der Waals surface area contributed by atoms with Crippen molar-refractivity contribution in [2.24, 2.45) is 0 Å². The first-order valence-corrected chi connectivity index (χ1v) is 7.25. The molecule has 0 saturated carbocycles. The summed E-state index contributed by atoms with van der Waals surface area (Å²) in [7, 11) is 1.77. The Morgan fingerprint density at radius 2 is 2.10 bits per heavy atom. The van der Waals surface area contributed by atoms with Gasteiger partial charge in [0.05, 0.1) is 15.4 Å². The van der Waals surface area contributed by atoms with E-state index in [4.69, 9.17) is 11.6 Å². The molecule has 6 heteroatoms. The molecule has 3 aromatic rings. The molecule has 0 aliphatic heterocycles. The minimum atomic E-state index is -0.322. The Bertz CT molecular complexity index is 800. The van der Waals surface area contributed by atoms with E-state index in [9.17, 15) is 4.39 Å². The van der Waals surface area contributed by atoms with Gasteiger partial charge in [0, 0.05) is 18.5 Å². The van der Waals surface area contributed by atoms with Gasteiger partial charge < -0.3 is 5.32 Å². The molecule has 0 amide bonds. The average molecular weight is 308 g/mol. The predicted molar refractivity (Wildman–Crippen MR) is 82.1 cm³/mol. The second-order valence-electron chi connectivity index (χ2n) is 4.37. The van der Waals surface area contributed by atoms with Crippen molar-refractivity contribution in [2.45, 2.75) is 6.92 Å². The molecule has 0 fully saturated rings. The molecule has 0 bridgehead atoms. The van der Waals surface area contributed by atoms with Gasteiger partial charge in [-0.05, 0) is 30.0 Å². The Labute approximate surface area is 124 Å². The van der Waals surface area contributed by atoms with Crippen LogP contribution in [0.15, 0.2) is 23.6 Å². The van der Waals surface area contributed by atoms with Gasteiger partial charge in [-0.1, -0.05) is 11.6 Å². The quantitative estimate of drug-likeness (QED) is 0.757. The lowest BCUT2D eigenvalue weighted by Gasteiger charge is -2.07. The van der Waals surface area contributed by atoms with E-state index < -0.39 is 0 Å². The summed E-state index contributed by atoms with van der Waals surface area (Å²) in [6.45, 7) is 1.93. The fourth-order valence-electron chi connectivity index (χ4n) is 1.98. The Morgan fingerprint density at radius 1 is 1.30 bits per heavy atom. The fraction of sp³-hybridized carbons (Fsp3) is 0.143. The van der Waals surface area contributed by atoms with Crippen LogP contribution in [0.5, 0.6) is 0 Å². The van der Waals surface area contributed by atoms with E-state index in [-0.39, 0.29) is 5.82 Å². The molecule has 0 unspecified atom stereocenters. The van der Waals surface area contributed by atoms with Crippen LogP contribution in [-0.2, 0) is 0 Å². The molecule has 0 aliphatic carbocycles. The number of benzene rings is 1. The van der Waals surface area contributed by atoms with Crippen LogP contribution in [0.3, 0.4) is 0 Å². The summed E-state index contributed by atoms with van der Waals surface area (Å²) in [5.41, 5.74) is 1.54. The zero-order valence-corrected chi connectivity index (χ0v) is 12.4. The minimum Gasteiger partial charge on any atom is -0.373 e. The van der Waals surface area contributed by atoms with Crippen molar-refractivity contribution in [3.63, 3.8) is 0 Å². The number of halogens is 2. The van der Waals surface area contributed by atoms with Gasteiger partial charge in [0.25, 0.3) is 0 Å². The molecule has 3 rings (SSSR count). The second-order valence-corrected chi connectivity index (χ2v) is 5.63. The first-order chi connectivity index (χ1) is 9.60. The summed E-state index contributed by atoms with van der Waals surface area (Å²) in [4.78, 5) is 9.70. The van der Waals surface area contributed by atoms with E-state index in [0.29, 0.717) is 22.2 Å². The van der Waals surface area contributed by atoms with E-state index >= 15 is 0 Å². The molecule has 3 nitrogen and oxygen atoms in total. The highest BCUT2D eigenvalue weighted by molar-refractivity contribution is 7.14. The predicted octanol–water partition coefficient (Wildman–Crippen LogP) is 4.50. The van der Waals surface area contributed by atoms with Gasteiger partial charge in [-0.15, -0.1) is 11.3 Å². The Hall–Kier alpha value is -1.72. The second kappa shape index (κ2) is 5.00. The maximum absolute atomic E-state index is 13.4. The van der Waals surface area contributed by atoms with Gasteiger partial charge in [0.2, 0.25) is 0 Å². The van der Waals surface area contributed by atoms with Crippen LogP contribution < -0.4 is 5.32 Å². The molecular weight excluding hydrogens is 297 g/mol. The summed E-state index contributed by atoms with van der Waals surface area (Å²) >= 11 is 7.74. The number of hydrogen-bond donors (Lipinski definition) is 1. The Balaban J connectivity index is 2.29. The van der Waals surface area contributed by atoms with Crippen molar-refractivity contribution >= 4 is 39.7 Å². The first kappa shape index (κ1) is 13.3. The van der Waals surface area contributed by atoms with Crippen molar-refractivity contribution in [1.82, 2.24) is 9.97 Å². The normalized spacial score (nSPS) is 11.0. The van der Waals surface area contributed by atoms with Crippen LogP contribution in [0.1, 0.15) is 5.56 Å². The van der Waals surface area contributed by atoms with Crippen molar-refractivity contribution < 1.29 is 4.39 Å². The topological polar surface area (TPSA) is 37.8 Å². The van der Waals surface area contributed by atoms with Gasteiger partial charge in [-0.2, -0.15) is 0 Å². The van der Waals surface area contributed by atoms with Gasteiger partial charge in [0.1, 0.15) is 11.6 Å². The van der Waals surface area contributed by atoms with Crippen molar-refractivity contribution in [3.8, 4) is 10.7 Å². The van der Waals surface area contributed by atoms with Gasteiger partial charge in [-0.25, -0.2) is 14.4 Å². The van der Waals surface area contributed by atoms with E-state index in [2.05, 4.69) is 15.3 Å². The number of nitrogens with zero attached hydrogens (tertiary/aromatic N) is 2. The number of aromatic nitrogens is 2. The number of fused-ring (bicyclic) bond motifs is 1. The van der Waals surface area contributed by atoms with Gasteiger partial charge >= 0.3 is 0 Å².